The van der Waals surface area contributed by atoms with Crippen molar-refractivity contribution in [3.63, 3.8) is 0 Å². The molecule has 8 aromatic rings. The van der Waals surface area contributed by atoms with Gasteiger partial charge in [0, 0.05) is 23.2 Å². The minimum absolute atomic E-state index is 0.207. The van der Waals surface area contributed by atoms with Gasteiger partial charge in [0.2, 0.25) is 0 Å². The zero-order valence-electron chi connectivity index (χ0n) is 31.8. The van der Waals surface area contributed by atoms with E-state index in [0.717, 1.165) is 58.7 Å². The molecule has 0 unspecified atom stereocenters. The Morgan fingerprint density at radius 3 is 1.33 bits per heavy atom. The van der Waals surface area contributed by atoms with Gasteiger partial charge in [-0.1, -0.05) is 99.5 Å². The highest BCUT2D eigenvalue weighted by Gasteiger charge is 2.45. The van der Waals surface area contributed by atoms with Gasteiger partial charge in [0.15, 0.2) is 0 Å². The van der Waals surface area contributed by atoms with Gasteiger partial charge in [0.1, 0.15) is 22.5 Å². The summed E-state index contributed by atoms with van der Waals surface area (Å²) in [4.78, 5) is 8.89. The first kappa shape index (κ1) is 35.6. The summed E-state index contributed by atoms with van der Waals surface area (Å²) in [6, 6.07) is 45.3. The van der Waals surface area contributed by atoms with Gasteiger partial charge < -0.3 is 10.2 Å². The maximum atomic E-state index is 10.9. The number of pyridine rings is 2. The second-order valence-corrected chi connectivity index (χ2v) is 14.4. The number of azo groups is 2. The molecule has 0 amide bonds. The molecule has 2 aromatic heterocycles. The first-order valence-electron chi connectivity index (χ1n) is 19.4. The van der Waals surface area contributed by atoms with E-state index in [1.807, 2.05) is 60.7 Å². The fourth-order valence-corrected chi connectivity index (χ4v) is 8.42. The van der Waals surface area contributed by atoms with Crippen molar-refractivity contribution >= 4 is 44.6 Å². The molecule has 57 heavy (non-hydrogen) atoms. The fraction of sp³-hybridized carbons (Fsp3) is 0.143. The van der Waals surface area contributed by atoms with Crippen molar-refractivity contribution in [2.45, 2.75) is 44.9 Å². The van der Waals surface area contributed by atoms with E-state index in [0.29, 0.717) is 33.8 Å². The lowest BCUT2D eigenvalue weighted by molar-refractivity contribution is 0.472. The average Bonchev–Trinajstić information content (AvgIpc) is 3.56. The second-order valence-electron chi connectivity index (χ2n) is 14.4. The van der Waals surface area contributed by atoms with E-state index in [-0.39, 0.29) is 11.5 Å². The molecule has 9 rings (SSSR count). The van der Waals surface area contributed by atoms with Crippen LogP contribution >= 0.6 is 0 Å². The van der Waals surface area contributed by atoms with E-state index >= 15 is 0 Å². The molecular formula is C49H40N6O2. The molecule has 8 nitrogen and oxygen atoms in total. The van der Waals surface area contributed by atoms with Crippen LogP contribution in [0.15, 0.2) is 166 Å². The molecule has 0 atom stereocenters. The van der Waals surface area contributed by atoms with Crippen molar-refractivity contribution in [1.82, 2.24) is 9.97 Å². The Morgan fingerprint density at radius 1 is 0.491 bits per heavy atom. The van der Waals surface area contributed by atoms with E-state index in [2.05, 4.69) is 117 Å². The largest absolute Gasteiger partial charge is 0.505 e. The zero-order chi connectivity index (χ0) is 38.9. The van der Waals surface area contributed by atoms with Crippen LogP contribution in [-0.2, 0) is 18.3 Å². The van der Waals surface area contributed by atoms with Crippen LogP contribution in [0, 0.1) is 0 Å². The molecular weight excluding hydrogens is 705 g/mol. The second kappa shape index (κ2) is 14.9. The Bertz CT molecular complexity index is 2650. The third-order valence-electron chi connectivity index (χ3n) is 11.0. The monoisotopic (exact) mass is 744 g/mol. The number of aryl methyl sites for hydroxylation is 2. The molecule has 0 radical (unpaired) electrons. The van der Waals surface area contributed by atoms with Crippen molar-refractivity contribution in [3.8, 4) is 22.6 Å². The number of benzene rings is 6. The first-order chi connectivity index (χ1) is 28.0. The summed E-state index contributed by atoms with van der Waals surface area (Å²) in [5.41, 5.74) is 11.9. The standard InChI is InChI=1S/C49H40N6O2/c1-3-11-31-29-43(39-15-9-27-50-45(39)47(31)56)54-52-35-23-19-33(20-24-35)49(41-17-7-5-13-37(41)38-14-6-8-18-42(38)49)34-21-25-36(26-22-34)53-55-44-30-32(12-4-2)48(57)46-40(44)16-10-28-51-46/h5-10,13-30,56-57H,3-4,11-12H2,1-2H3. The van der Waals surface area contributed by atoms with Crippen molar-refractivity contribution < 1.29 is 10.2 Å². The average molecular weight is 745 g/mol. The number of fused-ring (bicyclic) bond motifs is 5. The molecule has 8 heteroatoms. The summed E-state index contributed by atoms with van der Waals surface area (Å²) in [5, 5.41) is 42.0. The Morgan fingerprint density at radius 2 is 0.912 bits per heavy atom. The van der Waals surface area contributed by atoms with Crippen LogP contribution in [0.5, 0.6) is 11.5 Å². The minimum atomic E-state index is -0.611. The van der Waals surface area contributed by atoms with Gasteiger partial charge in [-0.15, -0.1) is 10.2 Å². The molecule has 6 aromatic carbocycles. The summed E-state index contributed by atoms with van der Waals surface area (Å²) >= 11 is 0. The third-order valence-corrected chi connectivity index (χ3v) is 11.0. The van der Waals surface area contributed by atoms with Gasteiger partial charge in [-0.3, -0.25) is 9.97 Å². The highest BCUT2D eigenvalue weighted by Crippen LogP contribution is 2.56. The predicted octanol–water partition coefficient (Wildman–Crippen LogP) is 13.3. The first-order valence-corrected chi connectivity index (χ1v) is 19.4. The molecule has 1 aliphatic rings. The lowest BCUT2D eigenvalue weighted by Crippen LogP contribution is -2.28. The summed E-state index contributed by atoms with van der Waals surface area (Å²) in [6.45, 7) is 4.17. The summed E-state index contributed by atoms with van der Waals surface area (Å²) < 4.78 is 0. The van der Waals surface area contributed by atoms with E-state index < -0.39 is 5.41 Å². The van der Waals surface area contributed by atoms with E-state index in [4.69, 9.17) is 0 Å². The van der Waals surface area contributed by atoms with Gasteiger partial charge in [0.25, 0.3) is 0 Å². The molecule has 0 fully saturated rings. The molecule has 2 N–H and O–H groups in total. The predicted molar refractivity (Wildman–Crippen MR) is 227 cm³/mol. The number of aromatic hydroxyl groups is 2. The van der Waals surface area contributed by atoms with E-state index in [1.165, 1.54) is 22.3 Å². The molecule has 0 aliphatic heterocycles. The van der Waals surface area contributed by atoms with Gasteiger partial charge >= 0.3 is 0 Å². The van der Waals surface area contributed by atoms with Crippen LogP contribution in [0.25, 0.3) is 32.9 Å². The quantitative estimate of drug-likeness (QED) is 0.136. The minimum Gasteiger partial charge on any atom is -0.505 e. The van der Waals surface area contributed by atoms with Crippen LogP contribution in [0.2, 0.25) is 0 Å². The van der Waals surface area contributed by atoms with Crippen LogP contribution in [0.3, 0.4) is 0 Å². The summed E-state index contributed by atoms with van der Waals surface area (Å²) in [7, 11) is 0. The number of aromatic nitrogens is 2. The van der Waals surface area contributed by atoms with E-state index in [9.17, 15) is 10.2 Å². The van der Waals surface area contributed by atoms with Crippen molar-refractivity contribution in [2.24, 2.45) is 20.5 Å². The van der Waals surface area contributed by atoms with Crippen LogP contribution in [0.1, 0.15) is 60.1 Å². The van der Waals surface area contributed by atoms with Crippen LogP contribution in [0.4, 0.5) is 22.7 Å². The van der Waals surface area contributed by atoms with Crippen LogP contribution < -0.4 is 0 Å². The number of hydrogen-bond donors (Lipinski definition) is 2. The van der Waals surface area contributed by atoms with Crippen molar-refractivity contribution in [2.75, 3.05) is 0 Å². The number of phenolic OH excluding ortho intramolecular Hbond substituents is 2. The number of nitrogens with zero attached hydrogens (tertiary/aromatic N) is 6. The SMILES string of the molecule is CCCc1cc(N=Nc2ccc(C3(c4ccc(N=Nc5cc(CCC)c(O)c6ncccc56)cc4)c4ccccc4-c4ccccc43)cc2)c2cccnc2c1O. The number of phenols is 2. The Hall–Kier alpha value is -7.06. The van der Waals surface area contributed by atoms with Crippen molar-refractivity contribution in [1.29, 1.82) is 0 Å². The Balaban J connectivity index is 1.11. The van der Waals surface area contributed by atoms with Gasteiger partial charge in [-0.05, 0) is 118 Å². The van der Waals surface area contributed by atoms with Gasteiger partial charge in [-0.25, -0.2) is 0 Å². The molecule has 0 bridgehead atoms. The lowest BCUT2D eigenvalue weighted by Gasteiger charge is -2.34. The molecule has 2 heterocycles. The topological polar surface area (TPSA) is 116 Å². The summed E-state index contributed by atoms with van der Waals surface area (Å²) in [6.07, 6.45) is 6.59. The third kappa shape index (κ3) is 6.10. The zero-order valence-corrected chi connectivity index (χ0v) is 31.8. The van der Waals surface area contributed by atoms with E-state index in [1.54, 1.807) is 12.4 Å². The maximum Gasteiger partial charge on any atom is 0.145 e. The van der Waals surface area contributed by atoms with Crippen LogP contribution in [-0.4, -0.2) is 20.2 Å². The Labute approximate surface area is 331 Å². The highest BCUT2D eigenvalue weighted by molar-refractivity contribution is 5.96. The molecule has 0 spiro atoms. The maximum absolute atomic E-state index is 10.9. The normalized spacial score (nSPS) is 13.2. The highest BCUT2D eigenvalue weighted by atomic mass is 16.3. The number of rotatable bonds is 10. The molecule has 278 valence electrons. The smallest absolute Gasteiger partial charge is 0.145 e. The van der Waals surface area contributed by atoms with Gasteiger partial charge in [0.05, 0.1) is 28.2 Å². The molecule has 0 saturated carbocycles. The summed E-state index contributed by atoms with van der Waals surface area (Å²) in [5.74, 6) is 0.414. The Kier molecular flexibility index (Phi) is 9.30. The van der Waals surface area contributed by atoms with Crippen molar-refractivity contribution in [3.05, 3.63) is 179 Å². The molecule has 1 aliphatic carbocycles. The molecule has 0 saturated heterocycles. The number of hydrogen-bond acceptors (Lipinski definition) is 8. The fourth-order valence-electron chi connectivity index (χ4n) is 8.42. The van der Waals surface area contributed by atoms with Gasteiger partial charge in [-0.2, -0.15) is 10.2 Å². The lowest BCUT2D eigenvalue weighted by atomic mass is 9.67.